The zero-order valence-electron chi connectivity index (χ0n) is 15.3. The van der Waals surface area contributed by atoms with E-state index in [4.69, 9.17) is 0 Å². The molecule has 3 aliphatic rings. The molecule has 2 atom stereocenters. The summed E-state index contributed by atoms with van der Waals surface area (Å²) in [6, 6.07) is 6.58. The molecule has 3 heterocycles. The van der Waals surface area contributed by atoms with Gasteiger partial charge in [0, 0.05) is 31.9 Å². The van der Waals surface area contributed by atoms with Gasteiger partial charge in [-0.15, -0.1) is 0 Å². The Bertz CT molecular complexity index is 788. The predicted molar refractivity (Wildman–Crippen MR) is 98.4 cm³/mol. The highest BCUT2D eigenvalue weighted by molar-refractivity contribution is 7.90. The third-order valence-electron chi connectivity index (χ3n) is 5.32. The summed E-state index contributed by atoms with van der Waals surface area (Å²) in [4.78, 5) is 29.4. The molecule has 0 saturated carbocycles. The molecule has 3 aliphatic heterocycles. The standard InChI is InChI=1S/C19H26N2O4S/c1-3-10-21-16-7-6-15(19(21)23)12-20(13-16)18(22)11-14-4-8-17(9-5-14)26(2,24)25/h4-5,8-9,15-16H,3,6-7,10-13H2,1-2H3/t15-,16+/m0/s1. The summed E-state index contributed by atoms with van der Waals surface area (Å²) in [5.41, 5.74) is 0.788. The Labute approximate surface area is 155 Å². The maximum Gasteiger partial charge on any atom is 0.227 e. The van der Waals surface area contributed by atoms with Gasteiger partial charge in [0.25, 0.3) is 0 Å². The molecule has 0 aliphatic carbocycles. The third-order valence-corrected chi connectivity index (χ3v) is 6.45. The third kappa shape index (κ3) is 3.92. The normalized spacial score (nSPS) is 23.2. The van der Waals surface area contributed by atoms with Gasteiger partial charge < -0.3 is 9.80 Å². The second-order valence-electron chi connectivity index (χ2n) is 7.35. The Morgan fingerprint density at radius 1 is 1.15 bits per heavy atom. The fourth-order valence-electron chi connectivity index (χ4n) is 3.92. The van der Waals surface area contributed by atoms with Crippen molar-refractivity contribution in [2.75, 3.05) is 25.9 Å². The maximum atomic E-state index is 12.8. The van der Waals surface area contributed by atoms with E-state index in [1.165, 1.54) is 18.4 Å². The molecule has 7 heteroatoms. The van der Waals surface area contributed by atoms with Crippen LogP contribution < -0.4 is 0 Å². The summed E-state index contributed by atoms with van der Waals surface area (Å²) >= 11 is 0. The number of rotatable bonds is 5. The number of carbonyl (C=O) groups excluding carboxylic acids is 2. The molecule has 2 amide bonds. The van der Waals surface area contributed by atoms with Crippen LogP contribution in [0.25, 0.3) is 0 Å². The zero-order chi connectivity index (χ0) is 18.9. The van der Waals surface area contributed by atoms with Gasteiger partial charge in [-0.3, -0.25) is 9.59 Å². The van der Waals surface area contributed by atoms with Crippen molar-refractivity contribution in [1.29, 1.82) is 0 Å². The number of benzene rings is 1. The number of nitrogens with zero attached hydrogens (tertiary/aromatic N) is 2. The molecule has 2 bridgehead atoms. The summed E-state index contributed by atoms with van der Waals surface area (Å²) in [5.74, 6) is 0.105. The van der Waals surface area contributed by atoms with Gasteiger partial charge >= 0.3 is 0 Å². The quantitative estimate of drug-likeness (QED) is 0.778. The first-order valence-corrected chi connectivity index (χ1v) is 11.1. The second-order valence-corrected chi connectivity index (χ2v) is 9.37. The van der Waals surface area contributed by atoms with Crippen molar-refractivity contribution >= 4 is 21.7 Å². The van der Waals surface area contributed by atoms with E-state index in [2.05, 4.69) is 6.92 Å². The molecule has 0 N–H and O–H groups in total. The fraction of sp³-hybridized carbons (Fsp3) is 0.579. The minimum atomic E-state index is -3.24. The highest BCUT2D eigenvalue weighted by atomic mass is 32.2. The van der Waals surface area contributed by atoms with E-state index >= 15 is 0 Å². The monoisotopic (exact) mass is 378 g/mol. The first-order valence-electron chi connectivity index (χ1n) is 9.17. The van der Waals surface area contributed by atoms with Gasteiger partial charge in [-0.05, 0) is 37.0 Å². The molecular weight excluding hydrogens is 352 g/mol. The number of fused-ring (bicyclic) bond motifs is 4. The van der Waals surface area contributed by atoms with Gasteiger partial charge in [0.2, 0.25) is 11.8 Å². The first kappa shape index (κ1) is 18.9. The molecule has 0 radical (unpaired) electrons. The van der Waals surface area contributed by atoms with E-state index in [9.17, 15) is 18.0 Å². The average molecular weight is 378 g/mol. The van der Waals surface area contributed by atoms with Crippen LogP contribution in [0.15, 0.2) is 29.2 Å². The molecule has 0 spiro atoms. The number of sulfone groups is 1. The first-order chi connectivity index (χ1) is 12.3. The number of piperidine rings is 1. The highest BCUT2D eigenvalue weighted by Gasteiger charge is 2.41. The van der Waals surface area contributed by atoms with E-state index in [-0.39, 0.29) is 35.1 Å². The molecule has 1 aromatic carbocycles. The molecule has 4 rings (SSSR count). The zero-order valence-corrected chi connectivity index (χ0v) is 16.2. The molecule has 0 unspecified atom stereocenters. The lowest BCUT2D eigenvalue weighted by Gasteiger charge is -2.35. The van der Waals surface area contributed by atoms with Crippen molar-refractivity contribution in [3.8, 4) is 0 Å². The van der Waals surface area contributed by atoms with E-state index in [1.807, 2.05) is 9.80 Å². The van der Waals surface area contributed by atoms with Crippen molar-refractivity contribution in [3.63, 3.8) is 0 Å². The van der Waals surface area contributed by atoms with Crippen LogP contribution >= 0.6 is 0 Å². The van der Waals surface area contributed by atoms with Crippen molar-refractivity contribution in [2.24, 2.45) is 5.92 Å². The molecule has 3 fully saturated rings. The van der Waals surface area contributed by atoms with Crippen LogP contribution in [-0.2, 0) is 25.8 Å². The Morgan fingerprint density at radius 2 is 1.85 bits per heavy atom. The minimum absolute atomic E-state index is 0.000143. The van der Waals surface area contributed by atoms with Gasteiger partial charge in [-0.1, -0.05) is 19.1 Å². The van der Waals surface area contributed by atoms with Gasteiger partial charge in [0.05, 0.1) is 17.2 Å². The second kappa shape index (κ2) is 7.39. The molecule has 26 heavy (non-hydrogen) atoms. The molecule has 1 aromatic rings. The summed E-state index contributed by atoms with van der Waals surface area (Å²) < 4.78 is 23.1. The molecule has 6 nitrogen and oxygen atoms in total. The van der Waals surface area contributed by atoms with Gasteiger partial charge in [0.1, 0.15) is 0 Å². The van der Waals surface area contributed by atoms with Crippen LogP contribution in [-0.4, -0.2) is 62.0 Å². The average Bonchev–Trinajstić information content (AvgIpc) is 2.88. The number of amides is 2. The van der Waals surface area contributed by atoms with Crippen molar-refractivity contribution in [3.05, 3.63) is 29.8 Å². The summed E-state index contributed by atoms with van der Waals surface area (Å²) in [6.07, 6.45) is 4.14. The highest BCUT2D eigenvalue weighted by Crippen LogP contribution is 2.29. The summed E-state index contributed by atoms with van der Waals surface area (Å²) in [5, 5.41) is 0. The lowest BCUT2D eigenvalue weighted by molar-refractivity contribution is -0.139. The lowest BCUT2D eigenvalue weighted by Crippen LogP contribution is -2.48. The number of carbonyl (C=O) groups is 2. The van der Waals surface area contributed by atoms with Crippen LogP contribution in [0.1, 0.15) is 31.7 Å². The van der Waals surface area contributed by atoms with E-state index in [0.29, 0.717) is 13.1 Å². The van der Waals surface area contributed by atoms with E-state index in [0.717, 1.165) is 31.4 Å². The lowest BCUT2D eigenvalue weighted by atomic mass is 9.94. The molecule has 142 valence electrons. The minimum Gasteiger partial charge on any atom is -0.340 e. The SMILES string of the molecule is CCCN1C(=O)[C@H]2CC[C@@H]1CN(C(=O)Cc1ccc(S(C)(=O)=O)cc1)C2. The van der Waals surface area contributed by atoms with Crippen LogP contribution in [0.4, 0.5) is 0 Å². The Kier molecular flexibility index (Phi) is 5.37. The van der Waals surface area contributed by atoms with Crippen LogP contribution in [0, 0.1) is 5.92 Å². The summed E-state index contributed by atoms with van der Waals surface area (Å²) in [6.45, 7) is 3.92. The fourth-order valence-corrected chi connectivity index (χ4v) is 4.55. The van der Waals surface area contributed by atoms with E-state index in [1.54, 1.807) is 12.1 Å². The largest absolute Gasteiger partial charge is 0.340 e. The van der Waals surface area contributed by atoms with Crippen LogP contribution in [0.5, 0.6) is 0 Å². The molecular formula is C19H26N2O4S. The Hall–Kier alpha value is -1.89. The van der Waals surface area contributed by atoms with Crippen molar-refractivity contribution in [2.45, 2.75) is 43.5 Å². The van der Waals surface area contributed by atoms with E-state index < -0.39 is 9.84 Å². The molecule has 3 saturated heterocycles. The Balaban J connectivity index is 1.70. The predicted octanol–water partition coefficient (Wildman–Crippen LogP) is 1.49. The summed E-state index contributed by atoms with van der Waals surface area (Å²) in [7, 11) is -3.24. The van der Waals surface area contributed by atoms with Gasteiger partial charge in [-0.2, -0.15) is 0 Å². The van der Waals surface area contributed by atoms with Crippen molar-refractivity contribution in [1.82, 2.24) is 9.80 Å². The maximum absolute atomic E-state index is 12.8. The Morgan fingerprint density at radius 3 is 2.46 bits per heavy atom. The van der Waals surface area contributed by atoms with Crippen molar-refractivity contribution < 1.29 is 18.0 Å². The topological polar surface area (TPSA) is 74.8 Å². The number of hydrogen-bond acceptors (Lipinski definition) is 4. The van der Waals surface area contributed by atoms with Gasteiger partial charge in [-0.25, -0.2) is 8.42 Å². The van der Waals surface area contributed by atoms with Crippen LogP contribution in [0.2, 0.25) is 0 Å². The molecule has 0 aromatic heterocycles. The van der Waals surface area contributed by atoms with Crippen LogP contribution in [0.3, 0.4) is 0 Å². The number of hydrogen-bond donors (Lipinski definition) is 0. The van der Waals surface area contributed by atoms with Gasteiger partial charge in [0.15, 0.2) is 9.84 Å². The smallest absolute Gasteiger partial charge is 0.227 e.